The largest absolute Gasteiger partial charge is 0.480 e. The van der Waals surface area contributed by atoms with E-state index in [9.17, 15) is 17.2 Å². The van der Waals surface area contributed by atoms with Gasteiger partial charge in [0.25, 0.3) is 10.0 Å². The summed E-state index contributed by atoms with van der Waals surface area (Å²) in [4.78, 5) is 12.1. The van der Waals surface area contributed by atoms with E-state index >= 15 is 0 Å². The number of ether oxygens (including phenoxy) is 1. The number of nitrogens with two attached hydrogens (primary N) is 1. The minimum atomic E-state index is -4.43. The third-order valence-corrected chi connectivity index (χ3v) is 7.07. The molecular formula is C26H24F2N6O3S. The molecule has 38 heavy (non-hydrogen) atoms. The van der Waals surface area contributed by atoms with E-state index in [1.807, 2.05) is 19.1 Å². The van der Waals surface area contributed by atoms with Crippen molar-refractivity contribution in [2.24, 2.45) is 4.99 Å². The number of aromatic nitrogens is 2. The summed E-state index contributed by atoms with van der Waals surface area (Å²) in [5.74, 6) is -2.32. The van der Waals surface area contributed by atoms with E-state index in [0.717, 1.165) is 17.5 Å². The molecular weight excluding hydrogens is 514 g/mol. The highest BCUT2D eigenvalue weighted by molar-refractivity contribution is 7.92. The Balaban J connectivity index is 1.75. The van der Waals surface area contributed by atoms with Gasteiger partial charge < -0.3 is 15.9 Å². The van der Waals surface area contributed by atoms with Crippen LogP contribution in [0.15, 0.2) is 64.6 Å². The Morgan fingerprint density at radius 3 is 2.63 bits per heavy atom. The van der Waals surface area contributed by atoms with Gasteiger partial charge in [0.1, 0.15) is 28.0 Å². The van der Waals surface area contributed by atoms with E-state index in [-0.39, 0.29) is 17.4 Å². The van der Waals surface area contributed by atoms with Gasteiger partial charge in [0, 0.05) is 47.8 Å². The zero-order chi connectivity index (χ0) is 27.4. The van der Waals surface area contributed by atoms with E-state index in [1.54, 1.807) is 18.3 Å². The first kappa shape index (κ1) is 26.6. The number of nitrogens with one attached hydrogen (secondary N) is 2. The quantitative estimate of drug-likeness (QED) is 0.262. The van der Waals surface area contributed by atoms with Crippen LogP contribution in [0.25, 0.3) is 22.0 Å². The van der Waals surface area contributed by atoms with Gasteiger partial charge in [-0.3, -0.25) is 9.71 Å². The predicted octanol–water partition coefficient (Wildman–Crippen LogP) is 4.79. The van der Waals surface area contributed by atoms with Gasteiger partial charge in [0.2, 0.25) is 5.88 Å². The highest BCUT2D eigenvalue weighted by Crippen LogP contribution is 2.33. The molecule has 196 valence electrons. The fourth-order valence-corrected chi connectivity index (χ4v) is 4.93. The van der Waals surface area contributed by atoms with Crippen LogP contribution in [0.1, 0.15) is 18.4 Å². The fraction of sp³-hybridized carbons (Fsp3) is 0.154. The lowest BCUT2D eigenvalue weighted by molar-refractivity contribution is 0.400. The van der Waals surface area contributed by atoms with Crippen LogP contribution in [-0.2, 0) is 10.0 Å². The number of nitrogen functional groups attached to an aromatic ring is 1. The van der Waals surface area contributed by atoms with Crippen LogP contribution >= 0.6 is 0 Å². The Morgan fingerprint density at radius 1 is 1.16 bits per heavy atom. The van der Waals surface area contributed by atoms with Crippen molar-refractivity contribution in [3.8, 4) is 17.0 Å². The van der Waals surface area contributed by atoms with Crippen molar-refractivity contribution in [2.45, 2.75) is 17.7 Å². The van der Waals surface area contributed by atoms with Crippen molar-refractivity contribution < 1.29 is 21.9 Å². The van der Waals surface area contributed by atoms with Gasteiger partial charge in [0.05, 0.1) is 18.5 Å². The van der Waals surface area contributed by atoms with E-state index in [1.165, 1.54) is 25.6 Å². The van der Waals surface area contributed by atoms with Gasteiger partial charge in [-0.2, -0.15) is 0 Å². The average Bonchev–Trinajstić information content (AvgIpc) is 2.88. The molecule has 0 saturated heterocycles. The monoisotopic (exact) mass is 538 g/mol. The predicted molar refractivity (Wildman–Crippen MR) is 144 cm³/mol. The van der Waals surface area contributed by atoms with Gasteiger partial charge >= 0.3 is 0 Å². The Bertz CT molecular complexity index is 1660. The third kappa shape index (κ3) is 5.44. The summed E-state index contributed by atoms with van der Waals surface area (Å²) in [6.45, 7) is 2.46. The molecule has 2 aromatic carbocycles. The molecule has 1 unspecified atom stereocenters. The van der Waals surface area contributed by atoms with Crippen LogP contribution in [0.3, 0.4) is 0 Å². The number of sulfonamides is 1. The number of hydrogen-bond acceptors (Lipinski definition) is 8. The Kier molecular flexibility index (Phi) is 7.62. The molecule has 2 heterocycles. The molecule has 0 bridgehead atoms. The first-order chi connectivity index (χ1) is 18.2. The number of fused-ring (bicyclic) bond motifs is 1. The van der Waals surface area contributed by atoms with Crippen molar-refractivity contribution in [2.75, 3.05) is 24.1 Å². The first-order valence-electron chi connectivity index (χ1n) is 11.4. The summed E-state index contributed by atoms with van der Waals surface area (Å²) in [7, 11) is -3.11. The summed E-state index contributed by atoms with van der Waals surface area (Å²) >= 11 is 0. The van der Waals surface area contributed by atoms with E-state index < -0.39 is 32.5 Å². The lowest BCUT2D eigenvalue weighted by atomic mass is 9.98. The minimum absolute atomic E-state index is 0.0374. The van der Waals surface area contributed by atoms with Gasteiger partial charge in [-0.15, -0.1) is 0 Å². The second kappa shape index (κ2) is 10.9. The smallest absolute Gasteiger partial charge is 0.264 e. The van der Waals surface area contributed by atoms with Crippen molar-refractivity contribution in [1.29, 1.82) is 5.41 Å². The topological polar surface area (TPSA) is 143 Å². The number of hydrogen-bond donors (Lipinski definition) is 3. The van der Waals surface area contributed by atoms with Crippen molar-refractivity contribution in [3.63, 3.8) is 0 Å². The average molecular weight is 539 g/mol. The molecule has 0 aliphatic heterocycles. The summed E-state index contributed by atoms with van der Waals surface area (Å²) < 4.78 is 60.7. The van der Waals surface area contributed by atoms with Crippen LogP contribution < -0.4 is 15.2 Å². The van der Waals surface area contributed by atoms with Crippen LogP contribution in [0.4, 0.5) is 20.3 Å². The normalized spacial score (nSPS) is 12.5. The number of methoxy groups -OCH3 is 1. The molecule has 12 heteroatoms. The zero-order valence-corrected chi connectivity index (χ0v) is 21.3. The fourth-order valence-electron chi connectivity index (χ4n) is 3.83. The molecule has 9 nitrogen and oxygen atoms in total. The van der Waals surface area contributed by atoms with E-state index in [2.05, 4.69) is 19.7 Å². The summed E-state index contributed by atoms with van der Waals surface area (Å²) in [5.41, 5.74) is 8.57. The molecule has 0 amide bonds. The molecule has 1 atom stereocenters. The second-order valence-corrected chi connectivity index (χ2v) is 9.82. The molecule has 2 aromatic heterocycles. The molecule has 4 N–H and O–H groups in total. The SMILES string of the molecule is CCN=CC(C=N)c1cc2cc(-c3cnc(OC)c(NS(=O)(=O)c4ccc(F)cc4F)c3)ccc2nc1N. The molecule has 0 radical (unpaired) electrons. The summed E-state index contributed by atoms with van der Waals surface area (Å²) in [5, 5.41) is 8.49. The maximum atomic E-state index is 14.2. The maximum Gasteiger partial charge on any atom is 0.264 e. The number of benzene rings is 2. The number of anilines is 2. The molecule has 4 aromatic rings. The Labute approximate surface area is 218 Å². The second-order valence-electron chi connectivity index (χ2n) is 8.17. The molecule has 0 fully saturated rings. The lowest BCUT2D eigenvalue weighted by Crippen LogP contribution is -2.15. The van der Waals surface area contributed by atoms with Gasteiger partial charge in [-0.1, -0.05) is 6.07 Å². The number of aliphatic imine (C=N–C) groups is 1. The number of rotatable bonds is 9. The molecule has 0 saturated carbocycles. The van der Waals surface area contributed by atoms with Gasteiger partial charge in [-0.05, 0) is 48.9 Å². The number of nitrogens with zero attached hydrogens (tertiary/aromatic N) is 3. The third-order valence-electron chi connectivity index (χ3n) is 5.67. The number of pyridine rings is 2. The highest BCUT2D eigenvalue weighted by Gasteiger charge is 2.22. The van der Waals surface area contributed by atoms with Crippen molar-refractivity contribution in [3.05, 3.63) is 71.9 Å². The van der Waals surface area contributed by atoms with Crippen molar-refractivity contribution in [1.82, 2.24) is 9.97 Å². The van der Waals surface area contributed by atoms with Crippen LogP contribution in [0.2, 0.25) is 0 Å². The summed E-state index contributed by atoms with van der Waals surface area (Å²) in [6, 6.07) is 10.8. The maximum absolute atomic E-state index is 14.2. The van der Waals surface area contributed by atoms with Gasteiger partial charge in [-0.25, -0.2) is 27.2 Å². The molecule has 0 aliphatic carbocycles. The number of halogens is 2. The molecule has 0 spiro atoms. The first-order valence-corrected chi connectivity index (χ1v) is 12.9. The standard InChI is InChI=1S/C26H24F2N6O3S/c1-3-31-13-18(12-29)20-9-16-8-15(4-6-22(16)33-25(20)30)17-10-23(26(37-2)32-14-17)34-38(35,36)24-7-5-19(27)11-21(24)28/h4-14,18,29,34H,3H2,1-2H3,(H2,30,33). The Morgan fingerprint density at radius 2 is 1.95 bits per heavy atom. The Hall–Kier alpha value is -4.45. The minimum Gasteiger partial charge on any atom is -0.480 e. The van der Waals surface area contributed by atoms with Gasteiger partial charge in [0.15, 0.2) is 0 Å². The van der Waals surface area contributed by atoms with Crippen LogP contribution in [-0.4, -0.2) is 44.5 Å². The summed E-state index contributed by atoms with van der Waals surface area (Å²) in [6.07, 6.45) is 4.37. The lowest BCUT2D eigenvalue weighted by Gasteiger charge is -2.14. The van der Waals surface area contributed by atoms with Crippen LogP contribution in [0.5, 0.6) is 5.88 Å². The van der Waals surface area contributed by atoms with Crippen molar-refractivity contribution >= 4 is 44.9 Å². The zero-order valence-electron chi connectivity index (χ0n) is 20.4. The molecule has 0 aliphatic rings. The van der Waals surface area contributed by atoms with E-state index in [4.69, 9.17) is 15.9 Å². The van der Waals surface area contributed by atoms with E-state index in [0.29, 0.717) is 34.8 Å². The molecule has 4 rings (SSSR count). The highest BCUT2D eigenvalue weighted by atomic mass is 32.2. The van der Waals surface area contributed by atoms with Crippen LogP contribution in [0, 0.1) is 17.0 Å².